The van der Waals surface area contributed by atoms with Crippen molar-refractivity contribution in [2.75, 3.05) is 0 Å². The molecule has 0 aliphatic carbocycles. The van der Waals surface area contributed by atoms with Crippen molar-refractivity contribution in [2.45, 2.75) is 13.1 Å². The second kappa shape index (κ2) is 5.74. The molecule has 0 saturated carbocycles. The first-order chi connectivity index (χ1) is 13.8. The molecule has 2 heteroatoms. The molecule has 0 bridgehead atoms. The van der Waals surface area contributed by atoms with Crippen LogP contribution in [0.2, 0.25) is 0 Å². The van der Waals surface area contributed by atoms with E-state index in [0.717, 1.165) is 0 Å². The Bertz CT molecular complexity index is 1260. The van der Waals surface area contributed by atoms with Crippen LogP contribution in [0.25, 0.3) is 43.6 Å². The standard InChI is InChI=1S/C26H20N2/c1-18(27-23-14-6-2-10-19(23)20-11-3-7-15-24(20)27)28-25-16-8-4-12-21(25)22-13-5-9-17-26(22)28/h2-18H,1H3. The van der Waals surface area contributed by atoms with E-state index in [-0.39, 0.29) is 6.17 Å². The lowest BCUT2D eigenvalue weighted by molar-refractivity contribution is 0.525. The van der Waals surface area contributed by atoms with Crippen LogP contribution >= 0.6 is 0 Å². The summed E-state index contributed by atoms with van der Waals surface area (Å²) < 4.78 is 4.95. The van der Waals surface area contributed by atoms with Gasteiger partial charge in [-0.3, -0.25) is 0 Å². The fraction of sp³-hybridized carbons (Fsp3) is 0.0769. The van der Waals surface area contributed by atoms with E-state index >= 15 is 0 Å². The van der Waals surface area contributed by atoms with E-state index in [1.807, 2.05) is 0 Å². The molecule has 0 aliphatic rings. The van der Waals surface area contributed by atoms with Crippen molar-refractivity contribution in [3.8, 4) is 0 Å². The summed E-state index contributed by atoms with van der Waals surface area (Å²) in [5, 5.41) is 5.24. The summed E-state index contributed by atoms with van der Waals surface area (Å²) in [4.78, 5) is 0. The molecule has 0 atom stereocenters. The van der Waals surface area contributed by atoms with Crippen LogP contribution in [0.5, 0.6) is 0 Å². The third-order valence-corrected chi connectivity index (χ3v) is 5.98. The minimum atomic E-state index is 0.148. The molecule has 28 heavy (non-hydrogen) atoms. The predicted molar refractivity (Wildman–Crippen MR) is 119 cm³/mol. The van der Waals surface area contributed by atoms with Gasteiger partial charge in [-0.05, 0) is 31.2 Å². The molecule has 0 unspecified atom stereocenters. The molecule has 134 valence electrons. The van der Waals surface area contributed by atoms with Gasteiger partial charge in [0.1, 0.15) is 6.17 Å². The minimum Gasteiger partial charge on any atom is -0.319 e. The van der Waals surface area contributed by atoms with Crippen LogP contribution < -0.4 is 0 Å². The summed E-state index contributed by atoms with van der Waals surface area (Å²) in [5.74, 6) is 0. The van der Waals surface area contributed by atoms with E-state index in [9.17, 15) is 0 Å². The van der Waals surface area contributed by atoms with Gasteiger partial charge < -0.3 is 9.13 Å². The Kier molecular flexibility index (Phi) is 3.18. The summed E-state index contributed by atoms with van der Waals surface area (Å²) >= 11 is 0. The van der Waals surface area contributed by atoms with Crippen LogP contribution in [0.15, 0.2) is 97.1 Å². The number of fused-ring (bicyclic) bond motifs is 6. The Hall–Kier alpha value is -3.52. The van der Waals surface area contributed by atoms with Crippen LogP contribution in [0.4, 0.5) is 0 Å². The van der Waals surface area contributed by atoms with Gasteiger partial charge in [0.05, 0.1) is 22.1 Å². The molecule has 0 aliphatic heterocycles. The van der Waals surface area contributed by atoms with Crippen molar-refractivity contribution in [3.05, 3.63) is 97.1 Å². The number of hydrogen-bond donors (Lipinski definition) is 0. The Morgan fingerprint density at radius 1 is 0.429 bits per heavy atom. The van der Waals surface area contributed by atoms with Crippen molar-refractivity contribution in [1.82, 2.24) is 9.13 Å². The molecular formula is C26H20N2. The summed E-state index contributed by atoms with van der Waals surface area (Å²) in [6.45, 7) is 2.30. The molecule has 6 aromatic rings. The van der Waals surface area contributed by atoms with E-state index in [2.05, 4.69) is 113 Å². The quantitative estimate of drug-likeness (QED) is 0.315. The van der Waals surface area contributed by atoms with Gasteiger partial charge in [-0.1, -0.05) is 72.8 Å². The van der Waals surface area contributed by atoms with Gasteiger partial charge in [0.2, 0.25) is 0 Å². The highest BCUT2D eigenvalue weighted by atomic mass is 15.2. The van der Waals surface area contributed by atoms with E-state index in [0.29, 0.717) is 0 Å². The number of para-hydroxylation sites is 4. The van der Waals surface area contributed by atoms with E-state index in [1.54, 1.807) is 0 Å². The van der Waals surface area contributed by atoms with Gasteiger partial charge in [0.15, 0.2) is 0 Å². The molecule has 0 N–H and O–H groups in total. The Labute approximate surface area is 163 Å². The lowest BCUT2D eigenvalue weighted by Gasteiger charge is -2.21. The largest absolute Gasteiger partial charge is 0.319 e. The number of aromatic nitrogens is 2. The highest BCUT2D eigenvalue weighted by Crippen LogP contribution is 2.36. The minimum absolute atomic E-state index is 0.148. The fourth-order valence-electron chi connectivity index (χ4n) is 4.83. The lowest BCUT2D eigenvalue weighted by Crippen LogP contribution is -2.14. The average Bonchev–Trinajstić information content (AvgIpc) is 3.27. The van der Waals surface area contributed by atoms with Gasteiger partial charge in [0.25, 0.3) is 0 Å². The molecule has 4 aromatic carbocycles. The molecule has 6 rings (SSSR count). The predicted octanol–water partition coefficient (Wildman–Crippen LogP) is 6.97. The highest BCUT2D eigenvalue weighted by Gasteiger charge is 2.19. The zero-order valence-corrected chi connectivity index (χ0v) is 15.7. The van der Waals surface area contributed by atoms with Crippen LogP contribution in [0.1, 0.15) is 13.1 Å². The van der Waals surface area contributed by atoms with Crippen LogP contribution in [0.3, 0.4) is 0 Å². The first-order valence-electron chi connectivity index (χ1n) is 9.80. The van der Waals surface area contributed by atoms with Crippen molar-refractivity contribution >= 4 is 43.6 Å². The van der Waals surface area contributed by atoms with E-state index in [4.69, 9.17) is 0 Å². The zero-order chi connectivity index (χ0) is 18.7. The topological polar surface area (TPSA) is 9.86 Å². The molecule has 2 aromatic heterocycles. The van der Waals surface area contributed by atoms with Gasteiger partial charge >= 0.3 is 0 Å². The van der Waals surface area contributed by atoms with Crippen molar-refractivity contribution < 1.29 is 0 Å². The summed E-state index contributed by atoms with van der Waals surface area (Å²) in [6, 6.07) is 34.9. The van der Waals surface area contributed by atoms with E-state index in [1.165, 1.54) is 43.6 Å². The highest BCUT2D eigenvalue weighted by molar-refractivity contribution is 6.09. The number of nitrogens with zero attached hydrogens (tertiary/aromatic N) is 2. The fourth-order valence-corrected chi connectivity index (χ4v) is 4.83. The maximum Gasteiger partial charge on any atom is 0.108 e. The van der Waals surface area contributed by atoms with Crippen LogP contribution in [-0.4, -0.2) is 9.13 Å². The van der Waals surface area contributed by atoms with Gasteiger partial charge in [-0.15, -0.1) is 0 Å². The summed E-state index contributed by atoms with van der Waals surface area (Å²) in [5.41, 5.74) is 5.10. The smallest absolute Gasteiger partial charge is 0.108 e. The van der Waals surface area contributed by atoms with Crippen LogP contribution in [-0.2, 0) is 0 Å². The average molecular weight is 360 g/mol. The second-order valence-electron chi connectivity index (χ2n) is 7.44. The van der Waals surface area contributed by atoms with Crippen molar-refractivity contribution in [3.63, 3.8) is 0 Å². The van der Waals surface area contributed by atoms with Gasteiger partial charge in [-0.25, -0.2) is 0 Å². The monoisotopic (exact) mass is 360 g/mol. The first kappa shape index (κ1) is 15.5. The molecule has 2 heterocycles. The maximum absolute atomic E-state index is 2.48. The Morgan fingerprint density at radius 2 is 0.679 bits per heavy atom. The maximum atomic E-state index is 2.48. The molecule has 0 fully saturated rings. The Morgan fingerprint density at radius 3 is 0.964 bits per heavy atom. The molecule has 2 nitrogen and oxygen atoms in total. The summed E-state index contributed by atoms with van der Waals surface area (Å²) in [6.07, 6.45) is 0.148. The number of benzene rings is 4. The zero-order valence-electron chi connectivity index (χ0n) is 15.7. The van der Waals surface area contributed by atoms with Gasteiger partial charge in [0, 0.05) is 21.5 Å². The molecular weight excluding hydrogens is 340 g/mol. The molecule has 0 radical (unpaired) electrons. The van der Waals surface area contributed by atoms with Gasteiger partial charge in [-0.2, -0.15) is 0 Å². The number of hydrogen-bond acceptors (Lipinski definition) is 0. The molecule has 0 saturated heterocycles. The first-order valence-corrected chi connectivity index (χ1v) is 9.80. The lowest BCUT2D eigenvalue weighted by atomic mass is 10.2. The van der Waals surface area contributed by atoms with Crippen molar-refractivity contribution in [2.24, 2.45) is 0 Å². The Balaban J connectivity index is 1.75. The third kappa shape index (κ3) is 1.97. The summed E-state index contributed by atoms with van der Waals surface area (Å²) in [7, 11) is 0. The molecule has 0 spiro atoms. The second-order valence-corrected chi connectivity index (χ2v) is 7.44. The van der Waals surface area contributed by atoms with Crippen molar-refractivity contribution in [1.29, 1.82) is 0 Å². The van der Waals surface area contributed by atoms with Crippen LogP contribution in [0, 0.1) is 0 Å². The number of rotatable bonds is 2. The van der Waals surface area contributed by atoms with E-state index < -0.39 is 0 Å². The normalized spacial score (nSPS) is 12.1. The molecule has 0 amide bonds. The SMILES string of the molecule is CC(n1c2ccccc2c2ccccc21)n1c2ccccc2c2ccccc21. The third-order valence-electron chi connectivity index (χ3n) is 5.98.